The van der Waals surface area contributed by atoms with Crippen molar-refractivity contribution in [2.75, 3.05) is 17.1 Å². The van der Waals surface area contributed by atoms with Crippen LogP contribution < -0.4 is 9.62 Å². The van der Waals surface area contributed by atoms with Crippen LogP contribution in [0.2, 0.25) is 0 Å². The van der Waals surface area contributed by atoms with Crippen molar-refractivity contribution in [2.45, 2.75) is 59.2 Å². The number of halogens is 1. The van der Waals surface area contributed by atoms with E-state index in [9.17, 15) is 22.4 Å². The second-order valence-corrected chi connectivity index (χ2v) is 10.4. The number of rotatable bonds is 11. The van der Waals surface area contributed by atoms with Crippen molar-refractivity contribution in [3.05, 3.63) is 65.5 Å². The molecule has 0 unspecified atom stereocenters. The van der Waals surface area contributed by atoms with Crippen LogP contribution in [0, 0.1) is 12.7 Å². The molecule has 2 rings (SSSR count). The summed E-state index contributed by atoms with van der Waals surface area (Å²) in [4.78, 5) is 28.0. The van der Waals surface area contributed by atoms with E-state index in [4.69, 9.17) is 0 Å². The molecular weight excluding hydrogens is 457 g/mol. The minimum Gasteiger partial charge on any atom is -0.352 e. The Labute approximate surface area is 202 Å². The average Bonchev–Trinajstić information content (AvgIpc) is 2.77. The van der Waals surface area contributed by atoms with Gasteiger partial charge in [-0.1, -0.05) is 38.1 Å². The maximum absolute atomic E-state index is 13.6. The maximum Gasteiger partial charge on any atom is 0.244 e. The Morgan fingerprint density at radius 3 is 2.24 bits per heavy atom. The van der Waals surface area contributed by atoms with Gasteiger partial charge in [0.15, 0.2) is 0 Å². The molecule has 2 amide bonds. The van der Waals surface area contributed by atoms with E-state index in [-0.39, 0.29) is 18.5 Å². The van der Waals surface area contributed by atoms with Crippen molar-refractivity contribution in [1.29, 1.82) is 0 Å². The lowest BCUT2D eigenvalue weighted by molar-refractivity contribution is -0.140. The van der Waals surface area contributed by atoms with Crippen molar-refractivity contribution < 1.29 is 22.4 Å². The Bertz CT molecular complexity index is 1090. The number of hydrogen-bond acceptors (Lipinski definition) is 4. The summed E-state index contributed by atoms with van der Waals surface area (Å²) in [5, 5.41) is 2.91. The summed E-state index contributed by atoms with van der Waals surface area (Å²) in [6.07, 6.45) is 2.10. The van der Waals surface area contributed by atoms with Crippen LogP contribution in [0.5, 0.6) is 0 Å². The molecule has 0 radical (unpaired) electrons. The zero-order valence-electron chi connectivity index (χ0n) is 20.4. The van der Waals surface area contributed by atoms with Gasteiger partial charge in [0.1, 0.15) is 18.4 Å². The molecule has 0 fully saturated rings. The van der Waals surface area contributed by atoms with Crippen LogP contribution >= 0.6 is 0 Å². The van der Waals surface area contributed by atoms with Crippen molar-refractivity contribution >= 4 is 27.5 Å². The second-order valence-electron chi connectivity index (χ2n) is 8.50. The lowest BCUT2D eigenvalue weighted by atomic mass is 10.1. The van der Waals surface area contributed by atoms with Crippen LogP contribution in [-0.4, -0.2) is 50.0 Å². The van der Waals surface area contributed by atoms with Gasteiger partial charge in [-0.2, -0.15) is 0 Å². The molecule has 1 N–H and O–H groups in total. The molecule has 0 bridgehead atoms. The molecule has 0 aliphatic carbocycles. The van der Waals surface area contributed by atoms with Gasteiger partial charge in [0.2, 0.25) is 21.8 Å². The molecule has 0 saturated heterocycles. The summed E-state index contributed by atoms with van der Waals surface area (Å²) in [5.41, 5.74) is 1.85. The van der Waals surface area contributed by atoms with Gasteiger partial charge in [-0.3, -0.25) is 13.9 Å². The fraction of sp³-hybridized carbons (Fsp3) is 0.440. The van der Waals surface area contributed by atoms with Crippen LogP contribution in [0.25, 0.3) is 0 Å². The summed E-state index contributed by atoms with van der Waals surface area (Å²) in [6, 6.07) is 11.6. The number of hydrogen-bond donors (Lipinski definition) is 1. The molecule has 2 atom stereocenters. The first-order chi connectivity index (χ1) is 16.0. The Morgan fingerprint density at radius 2 is 1.71 bits per heavy atom. The first-order valence-corrected chi connectivity index (χ1v) is 13.2. The van der Waals surface area contributed by atoms with Crippen LogP contribution in [0.4, 0.5) is 10.1 Å². The first kappa shape index (κ1) is 27.3. The Morgan fingerprint density at radius 1 is 1.06 bits per heavy atom. The Kier molecular flexibility index (Phi) is 9.61. The lowest BCUT2D eigenvalue weighted by Gasteiger charge is -2.33. The highest BCUT2D eigenvalue weighted by molar-refractivity contribution is 7.92. The monoisotopic (exact) mass is 491 g/mol. The topological polar surface area (TPSA) is 86.8 Å². The van der Waals surface area contributed by atoms with Crippen molar-refractivity contribution in [3.8, 4) is 0 Å². The van der Waals surface area contributed by atoms with Gasteiger partial charge in [-0.15, -0.1) is 0 Å². The summed E-state index contributed by atoms with van der Waals surface area (Å²) >= 11 is 0. The fourth-order valence-electron chi connectivity index (χ4n) is 3.54. The molecule has 0 aliphatic heterocycles. The van der Waals surface area contributed by atoms with E-state index >= 15 is 0 Å². The quantitative estimate of drug-likeness (QED) is 0.520. The van der Waals surface area contributed by atoms with E-state index in [1.807, 2.05) is 26.8 Å². The molecular formula is C25H34FN3O4S. The highest BCUT2D eigenvalue weighted by atomic mass is 32.2. The zero-order chi connectivity index (χ0) is 25.5. The predicted octanol–water partition coefficient (Wildman–Crippen LogP) is 3.62. The lowest BCUT2D eigenvalue weighted by Crippen LogP contribution is -2.53. The average molecular weight is 492 g/mol. The summed E-state index contributed by atoms with van der Waals surface area (Å²) in [7, 11) is -3.78. The number of benzene rings is 2. The van der Waals surface area contributed by atoms with Gasteiger partial charge in [-0.25, -0.2) is 12.8 Å². The number of amides is 2. The number of carbonyl (C=O) groups is 2. The van der Waals surface area contributed by atoms with E-state index in [1.54, 1.807) is 37.3 Å². The molecule has 2 aromatic carbocycles. The molecule has 0 saturated carbocycles. The third-order valence-corrected chi connectivity index (χ3v) is 6.76. The van der Waals surface area contributed by atoms with Gasteiger partial charge < -0.3 is 10.2 Å². The van der Waals surface area contributed by atoms with Crippen LogP contribution in [-0.2, 0) is 26.2 Å². The number of aryl methyl sites for hydroxylation is 1. The number of anilines is 1. The number of nitrogens with one attached hydrogen (secondary N) is 1. The zero-order valence-corrected chi connectivity index (χ0v) is 21.2. The highest BCUT2D eigenvalue weighted by Crippen LogP contribution is 2.21. The van der Waals surface area contributed by atoms with Crippen LogP contribution in [0.3, 0.4) is 0 Å². The first-order valence-electron chi connectivity index (χ1n) is 11.3. The minimum atomic E-state index is -3.78. The number of nitrogens with zero attached hydrogens (tertiary/aromatic N) is 2. The van der Waals surface area contributed by atoms with Crippen molar-refractivity contribution in [2.24, 2.45) is 0 Å². The van der Waals surface area contributed by atoms with Gasteiger partial charge in [0.25, 0.3) is 0 Å². The van der Waals surface area contributed by atoms with Crippen LogP contribution in [0.15, 0.2) is 48.5 Å². The van der Waals surface area contributed by atoms with E-state index < -0.39 is 34.3 Å². The fourth-order valence-corrected chi connectivity index (χ4v) is 4.39. The smallest absolute Gasteiger partial charge is 0.244 e. The molecule has 9 heteroatoms. The van der Waals surface area contributed by atoms with Crippen molar-refractivity contribution in [3.63, 3.8) is 0 Å². The summed E-state index contributed by atoms with van der Waals surface area (Å²) in [6.45, 7) is 7.02. The molecule has 0 aromatic heterocycles. The molecule has 2 aromatic rings. The van der Waals surface area contributed by atoms with E-state index in [0.717, 1.165) is 22.5 Å². The largest absolute Gasteiger partial charge is 0.352 e. The van der Waals surface area contributed by atoms with Crippen molar-refractivity contribution in [1.82, 2.24) is 10.2 Å². The summed E-state index contributed by atoms with van der Waals surface area (Å²) < 4.78 is 39.6. The highest BCUT2D eigenvalue weighted by Gasteiger charge is 2.32. The molecule has 186 valence electrons. The minimum absolute atomic E-state index is 0.0387. The van der Waals surface area contributed by atoms with Gasteiger partial charge >= 0.3 is 0 Å². The number of carbonyl (C=O) groups excluding carboxylic acids is 2. The van der Waals surface area contributed by atoms with Gasteiger partial charge in [-0.05, 0) is 62.1 Å². The van der Waals surface area contributed by atoms with Gasteiger partial charge in [0.05, 0.1) is 11.9 Å². The van der Waals surface area contributed by atoms with E-state index in [2.05, 4.69) is 5.32 Å². The van der Waals surface area contributed by atoms with Crippen LogP contribution in [0.1, 0.15) is 44.7 Å². The summed E-state index contributed by atoms with van der Waals surface area (Å²) in [5.74, 6) is -1.25. The second kappa shape index (κ2) is 12.0. The predicted molar refractivity (Wildman–Crippen MR) is 132 cm³/mol. The normalized spacial score (nSPS) is 13.1. The van der Waals surface area contributed by atoms with E-state index in [1.165, 1.54) is 17.0 Å². The molecule has 0 aliphatic rings. The molecule has 34 heavy (non-hydrogen) atoms. The van der Waals surface area contributed by atoms with E-state index in [0.29, 0.717) is 17.7 Å². The Balaban J connectivity index is 2.43. The Hall–Kier alpha value is -2.94. The maximum atomic E-state index is 13.6. The molecule has 0 spiro atoms. The van der Waals surface area contributed by atoms with Gasteiger partial charge in [0, 0.05) is 12.6 Å². The third-order valence-electron chi connectivity index (χ3n) is 5.62. The third kappa shape index (κ3) is 7.55. The number of sulfonamides is 1. The molecule has 0 heterocycles. The SMILES string of the molecule is CC[C@H](C)NC(=O)[C@H](CC)N(Cc1ccc(F)cc1)C(=O)CN(c1cccc(C)c1)S(C)(=O)=O. The molecule has 7 nitrogen and oxygen atoms in total. The standard InChI is InChI=1S/C25H34FN3O4S/c1-6-19(4)27-25(31)23(7-2)28(16-20-11-13-21(26)14-12-20)24(30)17-29(34(5,32)33)22-10-8-9-18(3)15-22/h8-15,19,23H,6-7,16-17H2,1-5H3,(H,27,31)/t19-,23-/m0/s1.